The van der Waals surface area contributed by atoms with Gasteiger partial charge in [0.2, 0.25) is 5.91 Å². The van der Waals surface area contributed by atoms with Gasteiger partial charge in [-0.3, -0.25) is 9.69 Å². The molecule has 1 rings (SSSR count). The Morgan fingerprint density at radius 2 is 2.11 bits per heavy atom. The van der Waals surface area contributed by atoms with Gasteiger partial charge in [0.05, 0.1) is 17.9 Å². The SMILES string of the molecule is CCN(CC(=O)Nc1ccc(C)cc1N)CC(C)C. The highest BCUT2D eigenvalue weighted by Crippen LogP contribution is 2.19. The Hall–Kier alpha value is -1.55. The molecule has 4 nitrogen and oxygen atoms in total. The number of carbonyl (C=O) groups excluding carboxylic acids is 1. The van der Waals surface area contributed by atoms with E-state index in [0.29, 0.717) is 23.8 Å². The number of carbonyl (C=O) groups is 1. The van der Waals surface area contributed by atoms with Crippen LogP contribution in [0.1, 0.15) is 26.3 Å². The fourth-order valence-corrected chi connectivity index (χ4v) is 2.01. The zero-order valence-electron chi connectivity index (χ0n) is 12.4. The van der Waals surface area contributed by atoms with Crippen LogP contribution in [0.15, 0.2) is 18.2 Å². The molecule has 0 aliphatic heterocycles. The largest absolute Gasteiger partial charge is 0.397 e. The summed E-state index contributed by atoms with van der Waals surface area (Å²) in [7, 11) is 0. The first-order valence-electron chi connectivity index (χ1n) is 6.80. The average Bonchev–Trinajstić information content (AvgIpc) is 2.31. The Morgan fingerprint density at radius 1 is 1.42 bits per heavy atom. The summed E-state index contributed by atoms with van der Waals surface area (Å²) in [5.74, 6) is 0.537. The Bertz CT molecular complexity index is 429. The average molecular weight is 263 g/mol. The van der Waals surface area contributed by atoms with Crippen molar-refractivity contribution in [3.63, 3.8) is 0 Å². The number of benzene rings is 1. The molecule has 0 heterocycles. The van der Waals surface area contributed by atoms with E-state index < -0.39 is 0 Å². The molecule has 19 heavy (non-hydrogen) atoms. The van der Waals surface area contributed by atoms with Crippen LogP contribution in [-0.2, 0) is 4.79 Å². The molecule has 0 aliphatic rings. The highest BCUT2D eigenvalue weighted by atomic mass is 16.2. The smallest absolute Gasteiger partial charge is 0.238 e. The van der Waals surface area contributed by atoms with Crippen molar-refractivity contribution < 1.29 is 4.79 Å². The van der Waals surface area contributed by atoms with Crippen molar-refractivity contribution in [3.05, 3.63) is 23.8 Å². The number of nitrogens with two attached hydrogens (primary N) is 1. The lowest BCUT2D eigenvalue weighted by atomic mass is 10.2. The molecule has 1 amide bonds. The third kappa shape index (κ3) is 5.30. The molecular formula is C15H25N3O. The fraction of sp³-hybridized carbons (Fsp3) is 0.533. The molecule has 0 fully saturated rings. The predicted molar refractivity (Wildman–Crippen MR) is 81.2 cm³/mol. The van der Waals surface area contributed by atoms with Crippen LogP contribution < -0.4 is 11.1 Å². The lowest BCUT2D eigenvalue weighted by Crippen LogP contribution is -2.35. The maximum Gasteiger partial charge on any atom is 0.238 e. The van der Waals surface area contributed by atoms with Crippen molar-refractivity contribution in [3.8, 4) is 0 Å². The third-order valence-electron chi connectivity index (χ3n) is 2.92. The zero-order valence-corrected chi connectivity index (χ0v) is 12.4. The number of anilines is 2. The summed E-state index contributed by atoms with van der Waals surface area (Å²) in [6.07, 6.45) is 0. The lowest BCUT2D eigenvalue weighted by Gasteiger charge is -2.22. The molecule has 0 bridgehead atoms. The summed E-state index contributed by atoms with van der Waals surface area (Å²) in [6, 6.07) is 5.65. The standard InChI is InChI=1S/C15H25N3O/c1-5-18(9-11(2)3)10-15(19)17-14-7-6-12(4)8-13(14)16/h6-8,11H,5,9-10,16H2,1-4H3,(H,17,19). The van der Waals surface area contributed by atoms with Crippen LogP contribution in [0, 0.1) is 12.8 Å². The van der Waals surface area contributed by atoms with Crippen molar-refractivity contribution >= 4 is 17.3 Å². The molecule has 0 aliphatic carbocycles. The highest BCUT2D eigenvalue weighted by Gasteiger charge is 2.11. The van der Waals surface area contributed by atoms with Gasteiger partial charge >= 0.3 is 0 Å². The minimum absolute atomic E-state index is 0.0157. The quantitative estimate of drug-likeness (QED) is 0.775. The normalized spacial score (nSPS) is 11.1. The van der Waals surface area contributed by atoms with Crippen LogP contribution in [0.4, 0.5) is 11.4 Å². The van der Waals surface area contributed by atoms with Crippen molar-refractivity contribution in [2.75, 3.05) is 30.7 Å². The van der Waals surface area contributed by atoms with Crippen LogP contribution in [0.3, 0.4) is 0 Å². The van der Waals surface area contributed by atoms with Gasteiger partial charge in [-0.2, -0.15) is 0 Å². The van der Waals surface area contributed by atoms with Crippen LogP contribution in [0.25, 0.3) is 0 Å². The van der Waals surface area contributed by atoms with E-state index in [9.17, 15) is 4.79 Å². The van der Waals surface area contributed by atoms with Gasteiger partial charge in [0.25, 0.3) is 0 Å². The molecule has 0 unspecified atom stereocenters. The number of amides is 1. The molecule has 0 radical (unpaired) electrons. The minimum atomic E-state index is -0.0157. The van der Waals surface area contributed by atoms with E-state index in [1.54, 1.807) is 0 Å². The Kier molecular flexibility index (Phi) is 5.83. The van der Waals surface area contributed by atoms with E-state index >= 15 is 0 Å². The summed E-state index contributed by atoms with van der Waals surface area (Å²) in [4.78, 5) is 14.1. The summed E-state index contributed by atoms with van der Waals surface area (Å²) >= 11 is 0. The molecule has 0 saturated heterocycles. The summed E-state index contributed by atoms with van der Waals surface area (Å²) < 4.78 is 0. The Labute approximate surface area is 116 Å². The zero-order chi connectivity index (χ0) is 14.4. The van der Waals surface area contributed by atoms with E-state index in [-0.39, 0.29) is 5.91 Å². The van der Waals surface area contributed by atoms with Gasteiger partial charge in [-0.25, -0.2) is 0 Å². The molecule has 0 aromatic heterocycles. The molecule has 1 aromatic rings. The second kappa shape index (κ2) is 7.14. The number of aryl methyl sites for hydroxylation is 1. The van der Waals surface area contributed by atoms with E-state index in [1.807, 2.05) is 25.1 Å². The summed E-state index contributed by atoms with van der Waals surface area (Å²) in [5, 5.41) is 2.87. The van der Waals surface area contributed by atoms with Crippen molar-refractivity contribution in [2.45, 2.75) is 27.7 Å². The van der Waals surface area contributed by atoms with Crippen LogP contribution in [-0.4, -0.2) is 30.4 Å². The second-order valence-electron chi connectivity index (χ2n) is 5.36. The number of likely N-dealkylation sites (N-methyl/N-ethyl adjacent to an activating group) is 1. The number of hydrogen-bond donors (Lipinski definition) is 2. The van der Waals surface area contributed by atoms with Crippen LogP contribution >= 0.6 is 0 Å². The van der Waals surface area contributed by atoms with E-state index in [1.165, 1.54) is 0 Å². The molecule has 0 atom stereocenters. The number of nitrogens with one attached hydrogen (secondary N) is 1. The van der Waals surface area contributed by atoms with E-state index in [0.717, 1.165) is 18.7 Å². The minimum Gasteiger partial charge on any atom is -0.397 e. The molecule has 3 N–H and O–H groups in total. The van der Waals surface area contributed by atoms with Gasteiger partial charge in [-0.15, -0.1) is 0 Å². The molecule has 0 saturated carbocycles. The van der Waals surface area contributed by atoms with Crippen LogP contribution in [0.2, 0.25) is 0 Å². The van der Waals surface area contributed by atoms with Gasteiger partial charge in [-0.05, 0) is 37.1 Å². The number of nitrogens with zero attached hydrogens (tertiary/aromatic N) is 1. The van der Waals surface area contributed by atoms with Gasteiger partial charge in [0, 0.05) is 6.54 Å². The van der Waals surface area contributed by atoms with Gasteiger partial charge in [0.1, 0.15) is 0 Å². The van der Waals surface area contributed by atoms with Crippen molar-refractivity contribution in [1.82, 2.24) is 4.90 Å². The predicted octanol–water partition coefficient (Wildman–Crippen LogP) is 2.49. The van der Waals surface area contributed by atoms with E-state index in [2.05, 4.69) is 31.0 Å². The first-order valence-corrected chi connectivity index (χ1v) is 6.80. The Balaban J connectivity index is 2.59. The fourth-order valence-electron chi connectivity index (χ4n) is 2.01. The van der Waals surface area contributed by atoms with Crippen LogP contribution in [0.5, 0.6) is 0 Å². The van der Waals surface area contributed by atoms with Crippen molar-refractivity contribution in [2.24, 2.45) is 5.92 Å². The third-order valence-corrected chi connectivity index (χ3v) is 2.92. The van der Waals surface area contributed by atoms with E-state index in [4.69, 9.17) is 5.73 Å². The Morgan fingerprint density at radius 3 is 2.63 bits per heavy atom. The molecule has 1 aromatic carbocycles. The second-order valence-corrected chi connectivity index (χ2v) is 5.36. The van der Waals surface area contributed by atoms with Gasteiger partial charge in [-0.1, -0.05) is 26.8 Å². The first-order chi connectivity index (χ1) is 8.92. The van der Waals surface area contributed by atoms with Gasteiger partial charge < -0.3 is 11.1 Å². The molecular weight excluding hydrogens is 238 g/mol. The number of hydrogen-bond acceptors (Lipinski definition) is 3. The maximum atomic E-state index is 12.0. The van der Waals surface area contributed by atoms with Gasteiger partial charge in [0.15, 0.2) is 0 Å². The molecule has 4 heteroatoms. The summed E-state index contributed by atoms with van der Waals surface area (Å²) in [5.41, 5.74) is 8.28. The molecule has 0 spiro atoms. The number of nitrogen functional groups attached to an aromatic ring is 1. The first kappa shape index (κ1) is 15.5. The number of rotatable bonds is 6. The maximum absolute atomic E-state index is 12.0. The monoisotopic (exact) mass is 263 g/mol. The van der Waals surface area contributed by atoms with Crippen molar-refractivity contribution in [1.29, 1.82) is 0 Å². The lowest BCUT2D eigenvalue weighted by molar-refractivity contribution is -0.117. The highest BCUT2D eigenvalue weighted by molar-refractivity contribution is 5.95. The topological polar surface area (TPSA) is 58.4 Å². The summed E-state index contributed by atoms with van der Waals surface area (Å²) in [6.45, 7) is 10.5. The molecule has 106 valence electrons.